The molecule has 2 heterocycles. The number of aromatic nitrogens is 1. The average molecular weight is 256 g/mol. The Bertz CT molecular complexity index is 591. The number of nitrogens with one attached hydrogen (secondary N) is 3. The minimum absolute atomic E-state index is 0.284. The number of nitrogens with two attached hydrogens (primary N) is 1. The molecule has 5 N–H and O–H groups in total. The van der Waals surface area contributed by atoms with E-state index in [1.165, 1.54) is 29.3 Å². The maximum Gasteiger partial charge on any atom is 0.0506 e. The van der Waals surface area contributed by atoms with Crippen LogP contribution in [-0.4, -0.2) is 17.1 Å². The first-order valence-electron chi connectivity index (χ1n) is 7.16. The highest BCUT2D eigenvalue weighted by Gasteiger charge is 2.41. The zero-order valence-electron chi connectivity index (χ0n) is 10.9. The van der Waals surface area contributed by atoms with Crippen LogP contribution < -0.4 is 16.6 Å². The van der Waals surface area contributed by atoms with Crippen LogP contribution in [0.2, 0.25) is 0 Å². The number of aromatic amines is 1. The highest BCUT2D eigenvalue weighted by atomic mass is 15.4. The second-order valence-corrected chi connectivity index (χ2v) is 5.88. The molecule has 4 nitrogen and oxygen atoms in total. The molecule has 2 fully saturated rings. The van der Waals surface area contributed by atoms with Crippen molar-refractivity contribution >= 4 is 10.9 Å². The highest BCUT2D eigenvalue weighted by Crippen LogP contribution is 2.38. The Kier molecular flexibility index (Phi) is 2.62. The number of hydrogen-bond donors (Lipinski definition) is 4. The van der Waals surface area contributed by atoms with E-state index in [2.05, 4.69) is 40.1 Å². The Morgan fingerprint density at radius 3 is 3.00 bits per heavy atom. The maximum atomic E-state index is 6.23. The zero-order valence-corrected chi connectivity index (χ0v) is 10.9. The van der Waals surface area contributed by atoms with Crippen molar-refractivity contribution in [1.82, 2.24) is 15.8 Å². The van der Waals surface area contributed by atoms with Gasteiger partial charge in [-0.3, -0.25) is 5.43 Å². The molecule has 1 aromatic carbocycles. The van der Waals surface area contributed by atoms with E-state index in [9.17, 15) is 0 Å². The molecule has 100 valence electrons. The molecular weight excluding hydrogens is 236 g/mol. The van der Waals surface area contributed by atoms with Crippen LogP contribution in [0, 0.1) is 5.92 Å². The number of H-pyrrole nitrogens is 1. The van der Waals surface area contributed by atoms with E-state index in [4.69, 9.17) is 5.73 Å². The van der Waals surface area contributed by atoms with E-state index in [0.29, 0.717) is 18.0 Å². The van der Waals surface area contributed by atoms with Crippen molar-refractivity contribution < 1.29 is 0 Å². The van der Waals surface area contributed by atoms with Crippen LogP contribution in [0.3, 0.4) is 0 Å². The molecule has 1 aliphatic carbocycles. The Morgan fingerprint density at radius 1 is 1.11 bits per heavy atom. The van der Waals surface area contributed by atoms with Crippen LogP contribution >= 0.6 is 0 Å². The lowest BCUT2D eigenvalue weighted by atomic mass is 9.77. The Labute approximate surface area is 112 Å². The number of benzene rings is 1. The highest BCUT2D eigenvalue weighted by molar-refractivity contribution is 5.80. The van der Waals surface area contributed by atoms with Gasteiger partial charge in [0.05, 0.1) is 6.04 Å². The van der Waals surface area contributed by atoms with Crippen LogP contribution in [0.4, 0.5) is 0 Å². The van der Waals surface area contributed by atoms with Gasteiger partial charge in [0.1, 0.15) is 0 Å². The number of hydrazine groups is 1. The summed E-state index contributed by atoms with van der Waals surface area (Å²) >= 11 is 0. The summed E-state index contributed by atoms with van der Waals surface area (Å²) in [6.45, 7) is 0. The first-order valence-corrected chi connectivity index (χ1v) is 7.16. The smallest absolute Gasteiger partial charge is 0.0506 e. The van der Waals surface area contributed by atoms with Gasteiger partial charge in [0.2, 0.25) is 0 Å². The number of fused-ring (bicyclic) bond motifs is 2. The quantitative estimate of drug-likeness (QED) is 0.629. The molecule has 4 atom stereocenters. The van der Waals surface area contributed by atoms with Crippen molar-refractivity contribution in [3.63, 3.8) is 0 Å². The summed E-state index contributed by atoms with van der Waals surface area (Å²) in [6.07, 6.45) is 5.64. The molecular formula is C15H20N4. The average Bonchev–Trinajstić information content (AvgIpc) is 3.04. The first kappa shape index (κ1) is 11.5. The lowest BCUT2D eigenvalue weighted by Gasteiger charge is -2.32. The van der Waals surface area contributed by atoms with E-state index in [1.807, 2.05) is 6.20 Å². The van der Waals surface area contributed by atoms with Crippen LogP contribution in [0.1, 0.15) is 30.9 Å². The van der Waals surface area contributed by atoms with Gasteiger partial charge in [-0.1, -0.05) is 12.5 Å². The minimum Gasteiger partial charge on any atom is -0.361 e. The number of hydrogen-bond acceptors (Lipinski definition) is 3. The van der Waals surface area contributed by atoms with Gasteiger partial charge in [0, 0.05) is 23.8 Å². The molecule has 4 heteroatoms. The fourth-order valence-corrected chi connectivity index (χ4v) is 3.74. The second kappa shape index (κ2) is 4.34. The largest absolute Gasteiger partial charge is 0.361 e. The zero-order chi connectivity index (χ0) is 12.8. The summed E-state index contributed by atoms with van der Waals surface area (Å²) in [4.78, 5) is 3.24. The monoisotopic (exact) mass is 256 g/mol. The molecule has 1 aliphatic heterocycles. The van der Waals surface area contributed by atoms with E-state index in [-0.39, 0.29) is 6.04 Å². The summed E-state index contributed by atoms with van der Waals surface area (Å²) in [5.74, 6) is 0.611. The Hall–Kier alpha value is -1.36. The van der Waals surface area contributed by atoms with E-state index >= 15 is 0 Å². The van der Waals surface area contributed by atoms with Crippen molar-refractivity contribution in [2.24, 2.45) is 11.7 Å². The van der Waals surface area contributed by atoms with Gasteiger partial charge in [-0.2, -0.15) is 0 Å². The van der Waals surface area contributed by atoms with Gasteiger partial charge in [0.25, 0.3) is 0 Å². The molecule has 1 saturated carbocycles. The topological polar surface area (TPSA) is 65.9 Å². The molecule has 1 aromatic heterocycles. The van der Waals surface area contributed by atoms with Gasteiger partial charge in [-0.25, -0.2) is 5.43 Å². The lowest BCUT2D eigenvalue weighted by Crippen LogP contribution is -2.48. The predicted molar refractivity (Wildman–Crippen MR) is 76.4 cm³/mol. The minimum atomic E-state index is 0.284. The fraction of sp³-hybridized carbons (Fsp3) is 0.467. The van der Waals surface area contributed by atoms with Crippen LogP contribution in [0.15, 0.2) is 30.5 Å². The maximum absolute atomic E-state index is 6.23. The van der Waals surface area contributed by atoms with Crippen LogP contribution in [-0.2, 0) is 0 Å². The van der Waals surface area contributed by atoms with Crippen molar-refractivity contribution in [1.29, 1.82) is 0 Å². The SMILES string of the molecule is NC1CCCC2C(c3ccc4[nH]ccc4c3)NNC12. The summed E-state index contributed by atoms with van der Waals surface area (Å²) in [5.41, 5.74) is 15.7. The molecule has 0 amide bonds. The van der Waals surface area contributed by atoms with Crippen molar-refractivity contribution in [2.45, 2.75) is 37.4 Å². The first-order chi connectivity index (χ1) is 9.33. The second-order valence-electron chi connectivity index (χ2n) is 5.88. The van der Waals surface area contributed by atoms with Gasteiger partial charge >= 0.3 is 0 Å². The third kappa shape index (κ3) is 1.79. The van der Waals surface area contributed by atoms with Gasteiger partial charge < -0.3 is 10.7 Å². The molecule has 19 heavy (non-hydrogen) atoms. The molecule has 0 spiro atoms. The van der Waals surface area contributed by atoms with Crippen LogP contribution in [0.25, 0.3) is 10.9 Å². The summed E-state index contributed by atoms with van der Waals surface area (Å²) in [6, 6.07) is 9.89. The molecule has 0 bridgehead atoms. The molecule has 0 radical (unpaired) electrons. The lowest BCUT2D eigenvalue weighted by molar-refractivity contribution is 0.273. The van der Waals surface area contributed by atoms with Gasteiger partial charge in [0.15, 0.2) is 0 Å². The Balaban J connectivity index is 1.68. The summed E-state index contributed by atoms with van der Waals surface area (Å²) in [7, 11) is 0. The third-order valence-corrected chi connectivity index (χ3v) is 4.77. The predicted octanol–water partition coefficient (Wildman–Crippen LogP) is 1.81. The Morgan fingerprint density at radius 2 is 2.05 bits per heavy atom. The molecule has 2 aromatic rings. The molecule has 2 aliphatic rings. The summed E-state index contributed by atoms with van der Waals surface area (Å²) < 4.78 is 0. The molecule has 4 rings (SSSR count). The third-order valence-electron chi connectivity index (χ3n) is 4.77. The van der Waals surface area contributed by atoms with Gasteiger partial charge in [-0.15, -0.1) is 0 Å². The van der Waals surface area contributed by atoms with E-state index in [1.54, 1.807) is 0 Å². The summed E-state index contributed by atoms with van der Waals surface area (Å²) in [5, 5.41) is 1.28. The molecule has 4 unspecified atom stereocenters. The van der Waals surface area contributed by atoms with Gasteiger partial charge in [-0.05, 0) is 47.9 Å². The molecule has 1 saturated heterocycles. The normalized spacial score (nSPS) is 34.6. The van der Waals surface area contributed by atoms with Crippen LogP contribution in [0.5, 0.6) is 0 Å². The standard InChI is InChI=1S/C15H20N4/c16-12-3-1-2-11-14(18-19-15(11)12)10-4-5-13-9(8-10)6-7-17-13/h4-8,11-12,14-15,17-19H,1-3,16H2. The van der Waals surface area contributed by atoms with Crippen molar-refractivity contribution in [3.8, 4) is 0 Å². The van der Waals surface area contributed by atoms with Crippen molar-refractivity contribution in [2.75, 3.05) is 0 Å². The van der Waals surface area contributed by atoms with E-state index in [0.717, 1.165) is 6.42 Å². The van der Waals surface area contributed by atoms with E-state index < -0.39 is 0 Å². The fourth-order valence-electron chi connectivity index (χ4n) is 3.74. The van der Waals surface area contributed by atoms with Crippen molar-refractivity contribution in [3.05, 3.63) is 36.0 Å². The number of rotatable bonds is 1.